The zero-order chi connectivity index (χ0) is 22.0. The van der Waals surface area contributed by atoms with Crippen LogP contribution in [0.15, 0.2) is 58.0 Å². The molecule has 9 nitrogen and oxygen atoms in total. The number of hydrogen-bond acceptors (Lipinski definition) is 8. The van der Waals surface area contributed by atoms with E-state index in [1.165, 1.54) is 6.20 Å². The summed E-state index contributed by atoms with van der Waals surface area (Å²) in [5.41, 5.74) is 7.32. The molecular weight excluding hydrogens is 528 g/mol. The van der Waals surface area contributed by atoms with Gasteiger partial charge in [0.25, 0.3) is 5.91 Å². The van der Waals surface area contributed by atoms with Crippen molar-refractivity contribution in [1.82, 2.24) is 35.0 Å². The Hall–Kier alpha value is -3.05. The fourth-order valence-electron chi connectivity index (χ4n) is 2.99. The number of halogens is 2. The Bertz CT molecular complexity index is 1240. The van der Waals surface area contributed by atoms with Crippen LogP contribution in [0.3, 0.4) is 0 Å². The highest BCUT2D eigenvalue weighted by Crippen LogP contribution is 2.25. The minimum atomic E-state index is -0.411. The van der Waals surface area contributed by atoms with Gasteiger partial charge in [-0.2, -0.15) is 5.10 Å². The second-order valence-corrected chi connectivity index (χ2v) is 8.36. The van der Waals surface area contributed by atoms with Gasteiger partial charge in [0.05, 0.1) is 28.3 Å². The molecule has 0 spiro atoms. The number of pyridine rings is 2. The number of nitrogens with zero attached hydrogens (tertiary/aromatic N) is 7. The molecule has 31 heavy (non-hydrogen) atoms. The highest BCUT2D eigenvalue weighted by Gasteiger charge is 2.26. The van der Waals surface area contributed by atoms with Crippen molar-refractivity contribution in [3.63, 3.8) is 0 Å². The molecule has 0 aromatic carbocycles. The highest BCUT2D eigenvalue weighted by atomic mass is 79.9. The largest absolute Gasteiger partial charge is 0.383 e. The maximum atomic E-state index is 13.5. The molecule has 0 aliphatic carbocycles. The second kappa shape index (κ2) is 8.98. The van der Waals surface area contributed by atoms with Crippen molar-refractivity contribution in [2.75, 3.05) is 5.73 Å². The van der Waals surface area contributed by atoms with Crippen molar-refractivity contribution >= 4 is 54.6 Å². The molecule has 1 amide bonds. The van der Waals surface area contributed by atoms with Crippen molar-refractivity contribution in [2.24, 2.45) is 0 Å². The summed E-state index contributed by atoms with van der Waals surface area (Å²) in [6.45, 7) is 2.09. The smallest absolute Gasteiger partial charge is 0.256 e. The van der Waals surface area contributed by atoms with Crippen molar-refractivity contribution in [2.45, 2.75) is 19.5 Å². The number of carbonyl (C=O) groups excluding carboxylic acids is 1. The summed E-state index contributed by atoms with van der Waals surface area (Å²) in [7, 11) is 0. The van der Waals surface area contributed by atoms with E-state index in [1.807, 2.05) is 6.92 Å². The first-order chi connectivity index (χ1) is 14.9. The van der Waals surface area contributed by atoms with Crippen LogP contribution in [0, 0.1) is 0 Å². The first-order valence-electron chi connectivity index (χ1n) is 9.20. The molecule has 4 rings (SSSR count). The summed E-state index contributed by atoms with van der Waals surface area (Å²) in [6, 6.07) is 8.42. The average molecular weight is 544 g/mol. The molecule has 11 heteroatoms. The molecule has 0 fully saturated rings. The van der Waals surface area contributed by atoms with Crippen LogP contribution in [0.4, 0.5) is 5.82 Å². The van der Waals surface area contributed by atoms with E-state index in [0.717, 1.165) is 0 Å². The molecule has 0 aliphatic rings. The first-order valence-corrected chi connectivity index (χ1v) is 10.8. The molecule has 156 valence electrons. The number of nitrogen functional groups attached to an aromatic ring is 1. The Morgan fingerprint density at radius 3 is 2.61 bits per heavy atom. The highest BCUT2D eigenvalue weighted by molar-refractivity contribution is 9.10. The van der Waals surface area contributed by atoms with Crippen LogP contribution in [0.25, 0.3) is 11.0 Å². The Balaban J connectivity index is 1.72. The molecule has 4 aromatic heterocycles. The summed E-state index contributed by atoms with van der Waals surface area (Å²) >= 11 is 6.64. The third kappa shape index (κ3) is 4.67. The Labute approximate surface area is 194 Å². The minimum absolute atomic E-state index is 0.222. The summed E-state index contributed by atoms with van der Waals surface area (Å²) in [5.74, 6) is 0.614. The predicted molar refractivity (Wildman–Crippen MR) is 122 cm³/mol. The molecule has 4 heterocycles. The number of aromatic nitrogens is 6. The zero-order valence-corrected chi connectivity index (χ0v) is 19.4. The number of nitrogens with two attached hydrogens (primary N) is 1. The average Bonchev–Trinajstić information content (AvgIpc) is 2.79. The number of amides is 1. The SMILES string of the molecule is CC(c1ncccn1)N(Cc1ccc(Br)nn1)C(=O)c1cnc2nc(N)c(Br)cc2c1. The summed E-state index contributed by atoms with van der Waals surface area (Å²) < 4.78 is 1.25. The third-order valence-corrected chi connectivity index (χ3v) is 5.66. The van der Waals surface area contributed by atoms with Gasteiger partial charge in [-0.3, -0.25) is 4.79 Å². The van der Waals surface area contributed by atoms with E-state index in [-0.39, 0.29) is 12.5 Å². The van der Waals surface area contributed by atoms with Gasteiger partial charge in [-0.15, -0.1) is 5.10 Å². The van der Waals surface area contributed by atoms with Crippen LogP contribution in [0.1, 0.15) is 34.8 Å². The van der Waals surface area contributed by atoms with Crippen molar-refractivity contribution in [3.05, 3.63) is 75.1 Å². The van der Waals surface area contributed by atoms with Gasteiger partial charge in [0.15, 0.2) is 5.65 Å². The second-order valence-electron chi connectivity index (χ2n) is 6.69. The Kier molecular flexibility index (Phi) is 6.14. The molecule has 0 saturated heterocycles. The molecule has 0 radical (unpaired) electrons. The van der Waals surface area contributed by atoms with E-state index >= 15 is 0 Å². The van der Waals surface area contributed by atoms with Gasteiger partial charge in [-0.25, -0.2) is 19.9 Å². The fraction of sp³-hybridized carbons (Fsp3) is 0.150. The maximum absolute atomic E-state index is 13.5. The zero-order valence-electron chi connectivity index (χ0n) is 16.3. The van der Waals surface area contributed by atoms with E-state index in [4.69, 9.17) is 5.73 Å². The number of anilines is 1. The van der Waals surface area contributed by atoms with Crippen LogP contribution in [-0.2, 0) is 6.54 Å². The van der Waals surface area contributed by atoms with Crippen LogP contribution in [0.5, 0.6) is 0 Å². The molecule has 0 aliphatic heterocycles. The molecular formula is C20H16Br2N8O. The quantitative estimate of drug-likeness (QED) is 0.404. The Morgan fingerprint density at radius 1 is 1.13 bits per heavy atom. The predicted octanol–water partition coefficient (Wildman–Crippen LogP) is 3.72. The van der Waals surface area contributed by atoms with Crippen molar-refractivity contribution < 1.29 is 4.79 Å². The fourth-order valence-corrected chi connectivity index (χ4v) is 3.53. The number of fused-ring (bicyclic) bond motifs is 1. The van der Waals surface area contributed by atoms with Gasteiger partial charge in [0.2, 0.25) is 0 Å². The Morgan fingerprint density at radius 2 is 1.90 bits per heavy atom. The van der Waals surface area contributed by atoms with Gasteiger partial charge in [0, 0.05) is 24.0 Å². The van der Waals surface area contributed by atoms with E-state index in [9.17, 15) is 4.79 Å². The van der Waals surface area contributed by atoms with Gasteiger partial charge >= 0.3 is 0 Å². The topological polar surface area (TPSA) is 124 Å². The monoisotopic (exact) mass is 542 g/mol. The van der Waals surface area contributed by atoms with Crippen LogP contribution >= 0.6 is 31.9 Å². The van der Waals surface area contributed by atoms with E-state index < -0.39 is 6.04 Å². The lowest BCUT2D eigenvalue weighted by Crippen LogP contribution is -2.34. The molecule has 4 aromatic rings. The van der Waals surface area contributed by atoms with Gasteiger partial charge in [0.1, 0.15) is 16.2 Å². The standard InChI is InChI=1S/C20H16Br2N8O/c1-11(18-24-5-2-6-25-18)30(10-14-3-4-16(22)29-28-14)20(31)13-7-12-8-15(21)17(23)27-19(12)26-9-13/h2-9,11H,10H2,1H3,(H2,23,26,27). The van der Waals surface area contributed by atoms with E-state index in [2.05, 4.69) is 62.0 Å². The van der Waals surface area contributed by atoms with E-state index in [1.54, 1.807) is 47.6 Å². The summed E-state index contributed by atoms with van der Waals surface area (Å²) in [4.78, 5) is 32.3. The minimum Gasteiger partial charge on any atom is -0.383 e. The van der Waals surface area contributed by atoms with Gasteiger partial charge < -0.3 is 10.6 Å². The molecule has 0 saturated carbocycles. The summed E-state index contributed by atoms with van der Waals surface area (Å²) in [5, 5.41) is 8.87. The van der Waals surface area contributed by atoms with Crippen molar-refractivity contribution in [3.8, 4) is 0 Å². The van der Waals surface area contributed by atoms with E-state index in [0.29, 0.717) is 43.0 Å². The van der Waals surface area contributed by atoms with Gasteiger partial charge in [-0.05, 0) is 69.1 Å². The van der Waals surface area contributed by atoms with Crippen LogP contribution in [-0.4, -0.2) is 40.9 Å². The summed E-state index contributed by atoms with van der Waals surface area (Å²) in [6.07, 6.45) is 4.78. The van der Waals surface area contributed by atoms with Crippen molar-refractivity contribution in [1.29, 1.82) is 0 Å². The van der Waals surface area contributed by atoms with Crippen LogP contribution < -0.4 is 5.73 Å². The number of rotatable bonds is 5. The number of carbonyl (C=O) groups is 1. The van der Waals surface area contributed by atoms with Gasteiger partial charge in [-0.1, -0.05) is 0 Å². The third-order valence-electron chi connectivity index (χ3n) is 4.60. The molecule has 2 N–H and O–H groups in total. The van der Waals surface area contributed by atoms with Crippen LogP contribution in [0.2, 0.25) is 0 Å². The lowest BCUT2D eigenvalue weighted by atomic mass is 10.1. The molecule has 1 atom stereocenters. The maximum Gasteiger partial charge on any atom is 0.256 e. The normalized spacial score (nSPS) is 12.0. The lowest BCUT2D eigenvalue weighted by Gasteiger charge is -2.28. The number of hydrogen-bond donors (Lipinski definition) is 1. The lowest BCUT2D eigenvalue weighted by molar-refractivity contribution is 0.0662. The molecule has 0 bridgehead atoms. The molecule has 1 unspecified atom stereocenters. The first kappa shape index (κ1) is 21.2.